The molecule has 0 unspecified atom stereocenters. The van der Waals surface area contributed by atoms with Crippen LogP contribution in [0, 0.1) is 0 Å². The summed E-state index contributed by atoms with van der Waals surface area (Å²) in [5.41, 5.74) is -1.12. The van der Waals surface area contributed by atoms with Crippen molar-refractivity contribution in [1.29, 1.82) is 0 Å². The normalized spacial score (nSPS) is 22.1. The Morgan fingerprint density at radius 3 is 2.47 bits per heavy atom. The van der Waals surface area contributed by atoms with Gasteiger partial charge in [-0.3, -0.25) is 4.79 Å². The molecule has 2 rings (SSSR count). The number of rotatable bonds is 3. The second-order valence-electron chi connectivity index (χ2n) is 4.61. The van der Waals surface area contributed by atoms with E-state index >= 15 is 0 Å². The second-order valence-corrected chi connectivity index (χ2v) is 4.61. The van der Waals surface area contributed by atoms with Gasteiger partial charge in [0.2, 0.25) is 0 Å². The Bertz CT molecular complexity index is 604. The molecule has 1 aromatic rings. The van der Waals surface area contributed by atoms with Gasteiger partial charge in [0, 0.05) is 0 Å². The van der Waals surface area contributed by atoms with Crippen LogP contribution in [0.3, 0.4) is 0 Å². The zero-order valence-corrected chi connectivity index (χ0v) is 12.0. The summed E-state index contributed by atoms with van der Waals surface area (Å²) in [6.07, 6.45) is 0.743. The smallest absolute Gasteiger partial charge is 0.316 e. The molecule has 1 saturated heterocycles. The molecule has 106 valence electrons. The van der Waals surface area contributed by atoms with Crippen LogP contribution in [0.15, 0.2) is 30.2 Å². The average Bonchev–Trinajstić information content (AvgIpc) is 2.53. The van der Waals surface area contributed by atoms with Crippen LogP contribution in [-0.4, -0.2) is 37.6 Å². The molecule has 1 heterocycles. The standard InChI is InChI=1S/C15H21NO2.ClH/c1-3-18-14(17)15(9-11-16(2)12-10-15)13-7-5-4-6-8-13;/h4-8H,3,9-12H2,1-2H3;1H/i4D,5D,6D,7D,8D;. The Hall–Kier alpha value is -1.06. The van der Waals surface area contributed by atoms with E-state index in [1.165, 1.54) is 0 Å². The minimum Gasteiger partial charge on any atom is -0.465 e. The lowest BCUT2D eigenvalue weighted by Crippen LogP contribution is -2.47. The van der Waals surface area contributed by atoms with E-state index in [0.717, 1.165) is 0 Å². The number of halogens is 1. The quantitative estimate of drug-likeness (QED) is 0.801. The van der Waals surface area contributed by atoms with E-state index in [0.29, 0.717) is 25.9 Å². The van der Waals surface area contributed by atoms with Gasteiger partial charge in [0.05, 0.1) is 18.9 Å². The number of hydrogen-bond acceptors (Lipinski definition) is 3. The van der Waals surface area contributed by atoms with E-state index in [1.54, 1.807) is 6.92 Å². The molecule has 0 aromatic heterocycles. The summed E-state index contributed by atoms with van der Waals surface area (Å²) < 4.78 is 45.0. The van der Waals surface area contributed by atoms with Crippen molar-refractivity contribution < 1.29 is 16.4 Å². The van der Waals surface area contributed by atoms with Gasteiger partial charge in [-0.2, -0.15) is 0 Å². The van der Waals surface area contributed by atoms with Crippen LogP contribution in [-0.2, 0) is 14.9 Å². The van der Waals surface area contributed by atoms with Gasteiger partial charge in [0.1, 0.15) is 0 Å². The maximum Gasteiger partial charge on any atom is 0.316 e. The number of hydrogen-bond donors (Lipinski definition) is 0. The van der Waals surface area contributed by atoms with Crippen molar-refractivity contribution in [1.82, 2.24) is 4.90 Å². The van der Waals surface area contributed by atoms with Gasteiger partial charge in [0.25, 0.3) is 0 Å². The highest BCUT2D eigenvalue weighted by atomic mass is 35.5. The maximum atomic E-state index is 12.7. The number of carbonyl (C=O) groups excluding carboxylic acids is 1. The zero-order valence-electron chi connectivity index (χ0n) is 16.2. The molecule has 3 nitrogen and oxygen atoms in total. The first-order chi connectivity index (χ1) is 10.8. The van der Waals surface area contributed by atoms with Gasteiger partial charge in [0.15, 0.2) is 0 Å². The van der Waals surface area contributed by atoms with Gasteiger partial charge >= 0.3 is 5.97 Å². The predicted molar refractivity (Wildman–Crippen MR) is 78.7 cm³/mol. The summed E-state index contributed by atoms with van der Waals surface area (Å²) in [6.45, 7) is 3.08. The summed E-state index contributed by atoms with van der Waals surface area (Å²) in [6, 6.07) is -1.90. The van der Waals surface area contributed by atoms with Crippen molar-refractivity contribution in [2.45, 2.75) is 25.2 Å². The molecule has 1 aliphatic rings. The predicted octanol–water partition coefficient (Wildman–Crippen LogP) is 2.63. The second kappa shape index (κ2) is 6.92. The minimum absolute atomic E-state index is 0. The van der Waals surface area contributed by atoms with Gasteiger partial charge < -0.3 is 9.64 Å². The van der Waals surface area contributed by atoms with Crippen LogP contribution in [0.1, 0.15) is 32.2 Å². The first kappa shape index (κ1) is 9.78. The molecule has 1 aromatic carbocycles. The summed E-state index contributed by atoms with van der Waals surface area (Å²) in [7, 11) is 1.93. The Labute approximate surface area is 128 Å². The molecular weight excluding hydrogens is 262 g/mol. The van der Waals surface area contributed by atoms with E-state index in [9.17, 15) is 4.79 Å². The molecule has 1 fully saturated rings. The first-order valence-corrected chi connectivity index (χ1v) is 6.19. The lowest BCUT2D eigenvalue weighted by atomic mass is 9.73. The molecule has 0 spiro atoms. The Balaban J connectivity index is 0.00000288. The third-order valence-electron chi connectivity index (χ3n) is 3.49. The first-order valence-electron chi connectivity index (χ1n) is 8.69. The van der Waals surface area contributed by atoms with Gasteiger partial charge in [-0.15, -0.1) is 12.4 Å². The van der Waals surface area contributed by atoms with E-state index in [1.807, 2.05) is 11.9 Å². The summed E-state index contributed by atoms with van der Waals surface area (Å²) in [4.78, 5) is 14.7. The average molecular weight is 289 g/mol. The molecule has 0 aliphatic carbocycles. The maximum absolute atomic E-state index is 12.7. The van der Waals surface area contributed by atoms with E-state index in [2.05, 4.69) is 0 Å². The number of likely N-dealkylation sites (tertiary alicyclic amines) is 1. The van der Waals surface area contributed by atoms with Crippen LogP contribution < -0.4 is 0 Å². The molecule has 0 bridgehead atoms. The van der Waals surface area contributed by atoms with Gasteiger partial charge in [-0.25, -0.2) is 0 Å². The fourth-order valence-corrected chi connectivity index (χ4v) is 2.31. The number of nitrogens with zero attached hydrogens (tertiary/aromatic N) is 1. The number of benzene rings is 1. The number of piperidine rings is 1. The fraction of sp³-hybridized carbons (Fsp3) is 0.533. The largest absolute Gasteiger partial charge is 0.465 e. The Morgan fingerprint density at radius 2 is 1.95 bits per heavy atom. The summed E-state index contributed by atoms with van der Waals surface area (Å²) in [5.74, 6) is -0.508. The van der Waals surface area contributed by atoms with E-state index < -0.39 is 29.5 Å². The van der Waals surface area contributed by atoms with Crippen LogP contribution in [0.2, 0.25) is 0 Å². The molecule has 0 N–H and O–H groups in total. The Kier molecular flexibility index (Phi) is 3.56. The third-order valence-corrected chi connectivity index (χ3v) is 3.49. The summed E-state index contributed by atoms with van der Waals surface area (Å²) in [5, 5.41) is 0. The highest BCUT2D eigenvalue weighted by Crippen LogP contribution is 2.36. The van der Waals surface area contributed by atoms with Gasteiger partial charge in [-0.1, -0.05) is 30.2 Å². The Morgan fingerprint density at radius 1 is 1.37 bits per heavy atom. The van der Waals surface area contributed by atoms with Gasteiger partial charge in [-0.05, 0) is 45.5 Å². The molecule has 0 atom stereocenters. The minimum atomic E-state index is -1.18. The van der Waals surface area contributed by atoms with Crippen LogP contribution in [0.4, 0.5) is 0 Å². The monoisotopic (exact) mass is 288 g/mol. The lowest BCUT2D eigenvalue weighted by Gasteiger charge is -2.38. The highest BCUT2D eigenvalue weighted by Gasteiger charge is 2.43. The van der Waals surface area contributed by atoms with Crippen molar-refractivity contribution in [3.8, 4) is 0 Å². The lowest BCUT2D eigenvalue weighted by molar-refractivity contribution is -0.152. The van der Waals surface area contributed by atoms with Crippen LogP contribution in [0.5, 0.6) is 0 Å². The molecular formula is C15H22ClNO2. The molecule has 1 aliphatic heterocycles. The van der Waals surface area contributed by atoms with Crippen LogP contribution in [0.25, 0.3) is 0 Å². The van der Waals surface area contributed by atoms with E-state index in [-0.39, 0.29) is 36.7 Å². The highest BCUT2D eigenvalue weighted by molar-refractivity contribution is 5.85. The molecule has 0 saturated carbocycles. The third kappa shape index (κ3) is 3.28. The zero-order chi connectivity index (χ0) is 17.4. The summed E-state index contributed by atoms with van der Waals surface area (Å²) >= 11 is 0. The van der Waals surface area contributed by atoms with Crippen molar-refractivity contribution in [2.75, 3.05) is 26.7 Å². The number of ether oxygens (including phenoxy) is 1. The number of esters is 1. The van der Waals surface area contributed by atoms with E-state index in [4.69, 9.17) is 11.6 Å². The molecule has 19 heavy (non-hydrogen) atoms. The molecule has 4 heteroatoms. The van der Waals surface area contributed by atoms with Crippen molar-refractivity contribution in [3.63, 3.8) is 0 Å². The number of carbonyl (C=O) groups is 1. The SMILES string of the molecule is Cl.[2H]c1c([2H])c([2H])c(C2(C(=O)OCC)CCN(C)CC2)c([2H])c1[2H]. The molecule has 0 amide bonds. The van der Waals surface area contributed by atoms with Crippen molar-refractivity contribution in [3.05, 3.63) is 35.8 Å². The fourth-order valence-electron chi connectivity index (χ4n) is 2.31. The van der Waals surface area contributed by atoms with Crippen molar-refractivity contribution in [2.24, 2.45) is 0 Å². The van der Waals surface area contributed by atoms with Crippen molar-refractivity contribution >= 4 is 18.4 Å². The topological polar surface area (TPSA) is 29.5 Å². The van der Waals surface area contributed by atoms with Crippen LogP contribution >= 0.6 is 12.4 Å². The molecule has 0 radical (unpaired) electrons.